The highest BCUT2D eigenvalue weighted by Gasteiger charge is 2.43. The van der Waals surface area contributed by atoms with Gasteiger partial charge in [-0.25, -0.2) is 0 Å². The predicted octanol–water partition coefficient (Wildman–Crippen LogP) is 0.799. The van der Waals surface area contributed by atoms with Crippen molar-refractivity contribution < 1.29 is 62.6 Å². The van der Waals surface area contributed by atoms with Gasteiger partial charge >= 0.3 is 0 Å². The van der Waals surface area contributed by atoms with Crippen LogP contribution in [0.3, 0.4) is 0 Å². The minimum absolute atomic E-state index is 0.0478. The molecule has 492 valence electrons. The molecule has 0 unspecified atom stereocenters. The lowest BCUT2D eigenvalue weighted by Crippen LogP contribution is -2.62. The van der Waals surface area contributed by atoms with Gasteiger partial charge in [0.05, 0.1) is 12.5 Å². The van der Waals surface area contributed by atoms with Crippen molar-refractivity contribution in [3.8, 4) is 0 Å². The van der Waals surface area contributed by atoms with Crippen LogP contribution in [-0.2, 0) is 70.4 Å². The van der Waals surface area contributed by atoms with E-state index in [0.29, 0.717) is 24.2 Å². The van der Waals surface area contributed by atoms with Crippen molar-refractivity contribution >= 4 is 70.9 Å². The van der Waals surface area contributed by atoms with E-state index in [1.807, 2.05) is 13.8 Å². The van der Waals surface area contributed by atoms with Crippen molar-refractivity contribution in [1.29, 1.82) is 0 Å². The first-order valence-electron chi connectivity index (χ1n) is 30.8. The monoisotopic (exact) mass is 1240 g/mol. The number of aliphatic hydroxyl groups excluding tert-OH is 1. The molecule has 25 nitrogen and oxygen atoms in total. The van der Waals surface area contributed by atoms with Crippen LogP contribution in [0.15, 0.2) is 60.7 Å². The highest BCUT2D eigenvalue weighted by molar-refractivity contribution is 6.00. The fourth-order valence-corrected chi connectivity index (χ4v) is 10.8. The molecule has 89 heavy (non-hydrogen) atoms. The van der Waals surface area contributed by atoms with Gasteiger partial charge in [0.2, 0.25) is 70.9 Å². The lowest BCUT2D eigenvalue weighted by atomic mass is 9.97. The van der Waals surface area contributed by atoms with Crippen LogP contribution >= 0.6 is 0 Å². The third-order valence-corrected chi connectivity index (χ3v) is 17.5. The lowest BCUT2D eigenvalue weighted by Gasteiger charge is -2.38. The van der Waals surface area contributed by atoms with Crippen LogP contribution < -0.4 is 21.3 Å². The summed E-state index contributed by atoms with van der Waals surface area (Å²) >= 11 is 0. The number of likely N-dealkylation sites (tertiary alicyclic amines) is 1. The number of hydrogen-bond acceptors (Lipinski definition) is 13. The van der Waals surface area contributed by atoms with Crippen LogP contribution in [0.4, 0.5) is 0 Å². The highest BCUT2D eigenvalue weighted by Crippen LogP contribution is 2.22. The van der Waals surface area contributed by atoms with Crippen molar-refractivity contribution in [1.82, 2.24) is 60.5 Å². The van der Waals surface area contributed by atoms with Crippen molar-refractivity contribution in [2.45, 2.75) is 187 Å². The van der Waals surface area contributed by atoms with Crippen LogP contribution in [0, 0.1) is 11.8 Å². The number of rotatable bonds is 13. The molecule has 2 saturated heterocycles. The number of piperidine rings is 1. The van der Waals surface area contributed by atoms with Gasteiger partial charge in [0.1, 0.15) is 66.5 Å². The first-order chi connectivity index (χ1) is 41.6. The SMILES string of the molecule is CC(C)C[C@H]1C(=O)N(C)[C@@H](C)C(=O)N[C@@H]([C@@H](C)O)C(=O)N(C)[C@@H](C)C(=O)N[C@H](C(=O)N(C)[C@@H](Cc2ccccc2)C(=O)N[C@@H](C)C(=O)N2CCCCC2)CC(=O)N(C)[C@H](C)C(=O)N(C)[C@@H](Cc2ccccc2)C(=O)N(C)[C@@H](C)C(=O)N[C@@H](C(C)C)C(=O)N1C. The van der Waals surface area contributed by atoms with E-state index in [1.54, 1.807) is 86.3 Å². The molecule has 25 heteroatoms. The van der Waals surface area contributed by atoms with Crippen LogP contribution in [0.2, 0.25) is 0 Å². The van der Waals surface area contributed by atoms with Crippen molar-refractivity contribution in [3.05, 3.63) is 71.8 Å². The van der Waals surface area contributed by atoms with Crippen LogP contribution in [0.25, 0.3) is 0 Å². The largest absolute Gasteiger partial charge is 0.391 e. The summed E-state index contributed by atoms with van der Waals surface area (Å²) < 4.78 is 0. The third kappa shape index (κ3) is 19.0. The predicted molar refractivity (Wildman–Crippen MR) is 333 cm³/mol. The number of nitrogens with one attached hydrogen (secondary N) is 4. The second-order valence-electron chi connectivity index (χ2n) is 24.8. The molecular weight excluding hydrogens is 1140 g/mol. The summed E-state index contributed by atoms with van der Waals surface area (Å²) in [4.78, 5) is 184. The zero-order valence-corrected chi connectivity index (χ0v) is 55.1. The van der Waals surface area contributed by atoms with Gasteiger partial charge in [-0.2, -0.15) is 0 Å². The molecule has 0 aromatic heterocycles. The fraction of sp³-hybridized carbons (Fsp3) is 0.625. The van der Waals surface area contributed by atoms with Gasteiger partial charge in [-0.15, -0.1) is 0 Å². The quantitative estimate of drug-likeness (QED) is 0.186. The number of carbonyl (C=O) groups is 12. The maximum atomic E-state index is 15.2. The minimum Gasteiger partial charge on any atom is -0.391 e. The second-order valence-corrected chi connectivity index (χ2v) is 24.8. The van der Waals surface area contributed by atoms with Gasteiger partial charge in [0.25, 0.3) is 0 Å². The van der Waals surface area contributed by atoms with Gasteiger partial charge in [-0.1, -0.05) is 88.4 Å². The van der Waals surface area contributed by atoms with Crippen LogP contribution in [-0.4, -0.2) is 250 Å². The molecule has 0 bridgehead atoms. The Labute approximate surface area is 524 Å². The summed E-state index contributed by atoms with van der Waals surface area (Å²) in [7, 11) is 9.34. The molecule has 12 amide bonds. The Balaban J connectivity index is 1.88. The smallest absolute Gasteiger partial charge is 0.248 e. The van der Waals surface area contributed by atoms with Crippen molar-refractivity contribution in [3.63, 3.8) is 0 Å². The van der Waals surface area contributed by atoms with E-state index in [4.69, 9.17) is 0 Å². The topological polar surface area (TPSA) is 299 Å². The molecule has 2 fully saturated rings. The number of nitrogens with zero attached hydrogens (tertiary/aromatic N) is 8. The molecule has 12 atom stereocenters. The van der Waals surface area contributed by atoms with E-state index in [0.717, 1.165) is 43.8 Å². The average Bonchev–Trinajstić information content (AvgIpc) is 3.71. The summed E-state index contributed by atoms with van der Waals surface area (Å²) in [5, 5.41) is 21.8. The lowest BCUT2D eigenvalue weighted by molar-refractivity contribution is -0.152. The Kier molecular flexibility index (Phi) is 27.3. The Morgan fingerprint density at radius 3 is 1.51 bits per heavy atom. The maximum absolute atomic E-state index is 15.2. The van der Waals surface area contributed by atoms with E-state index in [-0.39, 0.29) is 31.1 Å². The normalized spacial score (nSPS) is 25.5. The molecule has 0 saturated carbocycles. The van der Waals surface area contributed by atoms with E-state index < -0.39 is 150 Å². The molecule has 2 aromatic rings. The number of likely N-dealkylation sites (N-methyl/N-ethyl adjacent to an activating group) is 7. The summed E-state index contributed by atoms with van der Waals surface area (Å²) in [5.74, 6) is -9.87. The Morgan fingerprint density at radius 1 is 0.562 bits per heavy atom. The average molecular weight is 1240 g/mol. The summed E-state index contributed by atoms with van der Waals surface area (Å²) in [5.41, 5.74) is 1.27. The summed E-state index contributed by atoms with van der Waals surface area (Å²) in [6, 6.07) is 2.55. The molecule has 2 heterocycles. The molecule has 4 rings (SSSR count). The van der Waals surface area contributed by atoms with E-state index in [1.165, 1.54) is 93.8 Å². The second kappa shape index (κ2) is 33.0. The van der Waals surface area contributed by atoms with E-state index in [2.05, 4.69) is 21.3 Å². The van der Waals surface area contributed by atoms with E-state index in [9.17, 15) is 57.8 Å². The van der Waals surface area contributed by atoms with Gasteiger partial charge in [-0.3, -0.25) is 57.5 Å². The molecule has 5 N–H and O–H groups in total. The van der Waals surface area contributed by atoms with E-state index >= 15 is 4.79 Å². The number of hydrogen-bond donors (Lipinski definition) is 5. The first kappa shape index (κ1) is 73.5. The molecule has 2 aliphatic heterocycles. The Morgan fingerprint density at radius 2 is 1.01 bits per heavy atom. The molecule has 0 spiro atoms. The van der Waals surface area contributed by atoms with Crippen LogP contribution in [0.1, 0.15) is 112 Å². The molecule has 2 aromatic carbocycles. The zero-order chi connectivity index (χ0) is 67.0. The number of amides is 12. The van der Waals surface area contributed by atoms with Crippen LogP contribution in [0.5, 0.6) is 0 Å². The standard InChI is InChI=1S/C64H98N12O13/c1-37(2)33-49-61(86)70(12)42(8)56(81)68-53(44(10)77)64(89)72(14)40(6)54(79)66-47(60(85)73(15)48(34-45-27-21-18-22-28-45)57(82)65-39(5)58(83)76-31-25-20-26-32-76)36-51(78)69(11)43(9)59(84)74(16)50(35-46-29-23-19-24-30-46)62(87)71(13)41(7)55(80)67-52(38(3)4)63(88)75(49)17/h18-19,21-24,27-30,37-44,47-50,52-53,77H,20,25-26,31-36H2,1-17H3,(H,65,82)(H,66,79)(H,67,80)(H,68,81)/t39-,40-,41-,42-,43+,44+,47-,48-,49-,50-,52-,53-/m0/s1. The molecule has 0 aliphatic carbocycles. The van der Waals surface area contributed by atoms with Gasteiger partial charge in [0.15, 0.2) is 0 Å². The minimum atomic E-state index is -1.81. The fourth-order valence-electron chi connectivity index (χ4n) is 10.8. The molecule has 2 aliphatic rings. The zero-order valence-electron chi connectivity index (χ0n) is 55.1. The first-order valence-corrected chi connectivity index (χ1v) is 30.8. The summed E-state index contributed by atoms with van der Waals surface area (Å²) in [6.07, 6.45) is 0.156. The Hall–Kier alpha value is -7.96. The number of aliphatic hydroxyl groups is 1. The third-order valence-electron chi connectivity index (χ3n) is 17.5. The number of carbonyl (C=O) groups excluding carboxylic acids is 12. The maximum Gasteiger partial charge on any atom is 0.248 e. The Bertz CT molecular complexity index is 2830. The highest BCUT2D eigenvalue weighted by atomic mass is 16.3. The van der Waals surface area contributed by atoms with Crippen molar-refractivity contribution in [2.75, 3.05) is 62.4 Å². The van der Waals surface area contributed by atoms with Gasteiger partial charge < -0.3 is 65.6 Å². The molecular formula is C64H98N12O13. The van der Waals surface area contributed by atoms with Gasteiger partial charge in [0, 0.05) is 75.3 Å². The van der Waals surface area contributed by atoms with Gasteiger partial charge in [-0.05, 0) is 90.2 Å². The van der Waals surface area contributed by atoms with Crippen molar-refractivity contribution in [2.24, 2.45) is 11.8 Å². The molecule has 0 radical (unpaired) electrons. The number of benzene rings is 2. The summed E-state index contributed by atoms with van der Waals surface area (Å²) in [6.45, 7) is 16.4.